The number of hydrogen-bond acceptors (Lipinski definition) is 2. The Kier molecular flexibility index (Phi) is 13.8. The molecule has 0 aromatic heterocycles. The van der Waals surface area contributed by atoms with E-state index >= 15 is 0 Å². The minimum absolute atomic E-state index is 0.727. The molecule has 2 nitrogen and oxygen atoms in total. The zero-order valence-electron chi connectivity index (χ0n) is 30.2. The smallest absolute Gasteiger partial charge is 0.0887 e. The zero-order valence-corrected chi connectivity index (χ0v) is 31.0. The lowest BCUT2D eigenvalue weighted by molar-refractivity contribution is 0.780. The molecule has 0 aliphatic heterocycles. The Morgan fingerprint density at radius 1 is 0.388 bits per heavy atom. The van der Waals surface area contributed by atoms with Gasteiger partial charge in [-0.3, -0.25) is 0 Å². The van der Waals surface area contributed by atoms with E-state index < -0.39 is 0 Å². The molecule has 5 rings (SSSR count). The van der Waals surface area contributed by atoms with Crippen LogP contribution in [-0.4, -0.2) is 0 Å². The lowest BCUT2D eigenvalue weighted by Crippen LogP contribution is -2.15. The third-order valence-corrected chi connectivity index (χ3v) is 9.80. The largest absolute Gasteiger partial charge is 0.309 e. The fraction of sp³-hybridized carbons (Fsp3) is 0.348. The lowest BCUT2D eigenvalue weighted by atomic mass is 9.99. The Labute approximate surface area is 301 Å². The minimum atomic E-state index is 0.727. The number of unbranched alkanes of at least 4 members (excludes halogenated alkanes) is 4. The number of nitrogens with zero attached hydrogens (tertiary/aromatic N) is 2. The summed E-state index contributed by atoms with van der Waals surface area (Å²) in [6, 6.07) is 42.5. The van der Waals surface area contributed by atoms with E-state index in [0.717, 1.165) is 59.1 Å². The highest BCUT2D eigenvalue weighted by Crippen LogP contribution is 2.47. The highest BCUT2D eigenvalue weighted by Gasteiger charge is 2.23. The molecule has 0 bridgehead atoms. The molecule has 49 heavy (non-hydrogen) atoms. The van der Waals surface area contributed by atoms with Crippen LogP contribution in [0.3, 0.4) is 0 Å². The van der Waals surface area contributed by atoms with Crippen LogP contribution < -0.4 is 9.80 Å². The highest BCUT2D eigenvalue weighted by molar-refractivity contribution is 6.36. The maximum atomic E-state index is 7.66. The fourth-order valence-electron chi connectivity index (χ4n) is 6.59. The molecule has 0 aliphatic rings. The van der Waals surface area contributed by atoms with E-state index in [9.17, 15) is 0 Å². The van der Waals surface area contributed by atoms with Crippen LogP contribution in [0.4, 0.5) is 34.1 Å². The van der Waals surface area contributed by atoms with Crippen LogP contribution in [-0.2, 0) is 25.7 Å². The molecule has 256 valence electrons. The molecule has 0 atom stereocenters. The molecule has 5 aromatic carbocycles. The van der Waals surface area contributed by atoms with Crippen LogP contribution in [0.5, 0.6) is 0 Å². The molecular weight excluding hydrogens is 616 g/mol. The van der Waals surface area contributed by atoms with Gasteiger partial charge in [0.1, 0.15) is 0 Å². The molecule has 0 amide bonds. The summed E-state index contributed by atoms with van der Waals surface area (Å²) in [4.78, 5) is 4.68. The van der Waals surface area contributed by atoms with Gasteiger partial charge in [-0.15, -0.1) is 0 Å². The van der Waals surface area contributed by atoms with Crippen molar-refractivity contribution in [2.24, 2.45) is 0 Å². The second kappa shape index (κ2) is 18.7. The highest BCUT2D eigenvalue weighted by atomic mass is 35.5. The Hall–Kier alpha value is -4.01. The van der Waals surface area contributed by atoms with Gasteiger partial charge in [0.15, 0.2) is 0 Å². The van der Waals surface area contributed by atoms with E-state index in [1.54, 1.807) is 0 Å². The maximum absolute atomic E-state index is 7.66. The Morgan fingerprint density at radius 2 is 0.776 bits per heavy atom. The summed E-state index contributed by atoms with van der Waals surface area (Å²) in [6.07, 6.45) is 13.9. The second-order valence-corrected chi connectivity index (χ2v) is 13.7. The molecule has 0 unspecified atom stereocenters. The standard InChI is InChI=1S/C46H55ClN2/c1-5-9-17-36-25-29-41(30-26-36)48(40-21-14-13-15-22-40)44-23-16-24-45(46(44)47)49(42-31-27-37(28-32-42)18-10-6-2)43-34-38(19-11-7-3)33-39(35-43)20-12-8-4/h13-16,21-35H,5-12,17-20H2,1-4H3. The SMILES string of the molecule is CCCCc1ccc(N(c2ccccc2)c2cccc(N(c3ccc(CCCC)cc3)c3cc(CCCC)cc(CCCC)c3)c2Cl)cc1. The van der Waals surface area contributed by atoms with Crippen LogP contribution in [0.15, 0.2) is 115 Å². The molecule has 0 N–H and O–H groups in total. The first kappa shape index (κ1) is 36.3. The van der Waals surface area contributed by atoms with Crippen LogP contribution in [0.2, 0.25) is 5.02 Å². The molecule has 0 saturated carbocycles. The molecule has 3 heteroatoms. The number of para-hydroxylation sites is 1. The van der Waals surface area contributed by atoms with Gasteiger partial charge < -0.3 is 9.80 Å². The van der Waals surface area contributed by atoms with Gasteiger partial charge in [0.05, 0.1) is 16.4 Å². The van der Waals surface area contributed by atoms with Gasteiger partial charge in [-0.2, -0.15) is 0 Å². The molecule has 0 aliphatic carbocycles. The van der Waals surface area contributed by atoms with Crippen molar-refractivity contribution in [3.8, 4) is 0 Å². The number of halogens is 1. The summed E-state index contributed by atoms with van der Waals surface area (Å²) in [7, 11) is 0. The van der Waals surface area contributed by atoms with Gasteiger partial charge in [0, 0.05) is 22.7 Å². The van der Waals surface area contributed by atoms with E-state index in [1.807, 2.05) is 0 Å². The van der Waals surface area contributed by atoms with Crippen molar-refractivity contribution in [2.75, 3.05) is 9.80 Å². The van der Waals surface area contributed by atoms with Crippen LogP contribution in [0.25, 0.3) is 0 Å². The van der Waals surface area contributed by atoms with Crippen molar-refractivity contribution in [1.82, 2.24) is 0 Å². The first-order chi connectivity index (χ1) is 24.1. The average molecular weight is 671 g/mol. The number of aryl methyl sites for hydroxylation is 4. The fourth-order valence-corrected chi connectivity index (χ4v) is 6.89. The van der Waals surface area contributed by atoms with E-state index in [-0.39, 0.29) is 0 Å². The predicted molar refractivity (Wildman–Crippen MR) is 215 cm³/mol. The Balaban J connectivity index is 1.67. The first-order valence-corrected chi connectivity index (χ1v) is 19.2. The average Bonchev–Trinajstić information content (AvgIpc) is 3.14. The van der Waals surface area contributed by atoms with Gasteiger partial charge in [-0.05, 0) is 134 Å². The van der Waals surface area contributed by atoms with Crippen molar-refractivity contribution >= 4 is 45.7 Å². The van der Waals surface area contributed by atoms with Crippen LogP contribution in [0, 0.1) is 0 Å². The van der Waals surface area contributed by atoms with E-state index in [0.29, 0.717) is 0 Å². The summed E-state index contributed by atoms with van der Waals surface area (Å²) < 4.78 is 0. The lowest BCUT2D eigenvalue weighted by Gasteiger charge is -2.31. The summed E-state index contributed by atoms with van der Waals surface area (Å²) in [6.45, 7) is 9.05. The van der Waals surface area contributed by atoms with E-state index in [4.69, 9.17) is 11.6 Å². The molecule has 0 radical (unpaired) electrons. The number of benzene rings is 5. The van der Waals surface area contributed by atoms with Gasteiger partial charge in [-0.1, -0.05) is 120 Å². The molecule has 0 saturated heterocycles. The molecular formula is C46H55ClN2. The van der Waals surface area contributed by atoms with Gasteiger partial charge in [0.25, 0.3) is 0 Å². The van der Waals surface area contributed by atoms with Crippen LogP contribution >= 0.6 is 11.6 Å². The quantitative estimate of drug-likeness (QED) is 0.0915. The van der Waals surface area contributed by atoms with E-state index in [2.05, 4.69) is 153 Å². The van der Waals surface area contributed by atoms with Crippen molar-refractivity contribution < 1.29 is 0 Å². The maximum Gasteiger partial charge on any atom is 0.0887 e. The number of rotatable bonds is 18. The molecule has 0 heterocycles. The molecule has 0 fully saturated rings. The monoisotopic (exact) mass is 670 g/mol. The number of anilines is 6. The van der Waals surface area contributed by atoms with Crippen molar-refractivity contribution in [2.45, 2.75) is 105 Å². The Morgan fingerprint density at radius 3 is 1.20 bits per heavy atom. The second-order valence-electron chi connectivity index (χ2n) is 13.4. The summed E-state index contributed by atoms with van der Waals surface area (Å²) in [5, 5.41) is 0.727. The molecule has 0 spiro atoms. The van der Waals surface area contributed by atoms with Gasteiger partial charge >= 0.3 is 0 Å². The minimum Gasteiger partial charge on any atom is -0.309 e. The van der Waals surface area contributed by atoms with Gasteiger partial charge in [0.2, 0.25) is 0 Å². The topological polar surface area (TPSA) is 6.48 Å². The first-order valence-electron chi connectivity index (χ1n) is 18.8. The Bertz CT molecular complexity index is 1680. The van der Waals surface area contributed by atoms with E-state index in [1.165, 1.54) is 79.3 Å². The van der Waals surface area contributed by atoms with Crippen LogP contribution in [0.1, 0.15) is 101 Å². The molecule has 5 aromatic rings. The number of hydrogen-bond donors (Lipinski definition) is 0. The van der Waals surface area contributed by atoms with Crippen molar-refractivity contribution in [3.63, 3.8) is 0 Å². The van der Waals surface area contributed by atoms with Crippen molar-refractivity contribution in [3.05, 3.63) is 143 Å². The zero-order chi connectivity index (χ0) is 34.4. The normalized spacial score (nSPS) is 11.1. The summed E-state index contributed by atoms with van der Waals surface area (Å²) in [5.74, 6) is 0. The van der Waals surface area contributed by atoms with Crippen molar-refractivity contribution in [1.29, 1.82) is 0 Å². The third-order valence-electron chi connectivity index (χ3n) is 9.41. The summed E-state index contributed by atoms with van der Waals surface area (Å²) in [5.41, 5.74) is 12.0. The third kappa shape index (κ3) is 9.58. The predicted octanol–water partition coefficient (Wildman–Crippen LogP) is 14.6. The van der Waals surface area contributed by atoms with Gasteiger partial charge in [-0.25, -0.2) is 0 Å². The summed E-state index contributed by atoms with van der Waals surface area (Å²) >= 11 is 7.66.